The summed E-state index contributed by atoms with van der Waals surface area (Å²) in [7, 11) is 0. The monoisotopic (exact) mass is 300 g/mol. The molecule has 2 heterocycles. The van der Waals surface area contributed by atoms with Gasteiger partial charge in [0, 0.05) is 24.2 Å². The molecule has 0 unspecified atom stereocenters. The number of para-hydroxylation sites is 2. The Morgan fingerprint density at radius 3 is 2.81 bits per heavy atom. The summed E-state index contributed by atoms with van der Waals surface area (Å²) in [5.41, 5.74) is 2.28. The van der Waals surface area contributed by atoms with Crippen LogP contribution in [-0.2, 0) is 26.1 Å². The lowest BCUT2D eigenvalue weighted by molar-refractivity contribution is 0.619. The van der Waals surface area contributed by atoms with E-state index >= 15 is 0 Å². The second-order valence-electron chi connectivity index (χ2n) is 4.94. The van der Waals surface area contributed by atoms with Crippen LogP contribution in [0.25, 0.3) is 11.0 Å². The molecule has 21 heavy (non-hydrogen) atoms. The number of aromatic nitrogens is 3. The standard InChI is InChI=1S/C16H20N4S/c1-3-12-9-18-16(21-12)11-17-10-15-19-13-7-5-6-8-14(13)20(15)4-2/h5-9,17H,3-4,10-11H2,1-2H3. The summed E-state index contributed by atoms with van der Waals surface area (Å²) in [6, 6.07) is 8.30. The SMILES string of the molecule is CCc1cnc(CNCc2nc3ccccc3n2CC)s1. The molecule has 1 aromatic carbocycles. The van der Waals surface area contributed by atoms with Gasteiger partial charge in [-0.05, 0) is 25.5 Å². The van der Waals surface area contributed by atoms with Crippen LogP contribution in [0.4, 0.5) is 0 Å². The van der Waals surface area contributed by atoms with Crippen LogP contribution in [-0.4, -0.2) is 14.5 Å². The molecule has 2 aromatic heterocycles. The summed E-state index contributed by atoms with van der Waals surface area (Å²) < 4.78 is 2.27. The van der Waals surface area contributed by atoms with E-state index in [-0.39, 0.29) is 0 Å². The van der Waals surface area contributed by atoms with Gasteiger partial charge in [0.1, 0.15) is 10.8 Å². The Morgan fingerprint density at radius 1 is 1.19 bits per heavy atom. The maximum Gasteiger partial charge on any atom is 0.123 e. The number of thiazole rings is 1. The van der Waals surface area contributed by atoms with Crippen molar-refractivity contribution in [3.63, 3.8) is 0 Å². The fourth-order valence-corrected chi connectivity index (χ4v) is 3.32. The van der Waals surface area contributed by atoms with Crippen molar-refractivity contribution in [2.24, 2.45) is 0 Å². The predicted octanol–water partition coefficient (Wildman–Crippen LogP) is 3.36. The number of rotatable bonds is 6. The molecule has 3 rings (SSSR count). The molecule has 110 valence electrons. The minimum absolute atomic E-state index is 0.767. The summed E-state index contributed by atoms with van der Waals surface area (Å²) in [6.07, 6.45) is 3.03. The highest BCUT2D eigenvalue weighted by Gasteiger charge is 2.08. The number of nitrogens with one attached hydrogen (secondary N) is 1. The second-order valence-corrected chi connectivity index (χ2v) is 6.14. The zero-order valence-electron chi connectivity index (χ0n) is 12.5. The van der Waals surface area contributed by atoms with Crippen LogP contribution in [0.2, 0.25) is 0 Å². The molecule has 3 aromatic rings. The number of benzene rings is 1. The second kappa shape index (κ2) is 6.37. The Balaban J connectivity index is 1.70. The Hall–Kier alpha value is -1.72. The summed E-state index contributed by atoms with van der Waals surface area (Å²) in [4.78, 5) is 10.5. The molecule has 0 aliphatic heterocycles. The minimum atomic E-state index is 0.767. The molecule has 4 nitrogen and oxygen atoms in total. The zero-order valence-corrected chi connectivity index (χ0v) is 13.3. The van der Waals surface area contributed by atoms with Gasteiger partial charge in [-0.1, -0.05) is 19.1 Å². The number of nitrogens with zero attached hydrogens (tertiary/aromatic N) is 3. The van der Waals surface area contributed by atoms with Crippen molar-refractivity contribution in [1.29, 1.82) is 0 Å². The molecule has 0 spiro atoms. The van der Waals surface area contributed by atoms with Gasteiger partial charge in [-0.3, -0.25) is 0 Å². The van der Waals surface area contributed by atoms with E-state index in [9.17, 15) is 0 Å². The molecular formula is C16H20N4S. The van der Waals surface area contributed by atoms with Crippen molar-refractivity contribution in [3.05, 3.63) is 46.2 Å². The summed E-state index contributed by atoms with van der Waals surface area (Å²) >= 11 is 1.78. The quantitative estimate of drug-likeness (QED) is 0.759. The lowest BCUT2D eigenvalue weighted by Gasteiger charge is -2.06. The molecule has 0 bridgehead atoms. The van der Waals surface area contributed by atoms with Crippen LogP contribution >= 0.6 is 11.3 Å². The highest BCUT2D eigenvalue weighted by Crippen LogP contribution is 2.16. The van der Waals surface area contributed by atoms with E-state index in [2.05, 4.69) is 46.9 Å². The Labute approximate surface area is 128 Å². The average molecular weight is 300 g/mol. The lowest BCUT2D eigenvalue weighted by atomic mass is 10.3. The van der Waals surface area contributed by atoms with E-state index in [4.69, 9.17) is 4.98 Å². The molecule has 5 heteroatoms. The van der Waals surface area contributed by atoms with Gasteiger partial charge in [0.05, 0.1) is 17.6 Å². The van der Waals surface area contributed by atoms with Crippen molar-refractivity contribution >= 4 is 22.4 Å². The number of aryl methyl sites for hydroxylation is 2. The molecule has 0 aliphatic carbocycles. The zero-order chi connectivity index (χ0) is 14.7. The topological polar surface area (TPSA) is 42.7 Å². The van der Waals surface area contributed by atoms with E-state index in [0.717, 1.165) is 42.4 Å². The van der Waals surface area contributed by atoms with Gasteiger partial charge in [-0.2, -0.15) is 0 Å². The number of imidazole rings is 1. The van der Waals surface area contributed by atoms with Crippen molar-refractivity contribution < 1.29 is 0 Å². The van der Waals surface area contributed by atoms with Gasteiger partial charge in [-0.25, -0.2) is 9.97 Å². The summed E-state index contributed by atoms with van der Waals surface area (Å²) in [5.74, 6) is 1.09. The largest absolute Gasteiger partial charge is 0.327 e. The molecule has 0 saturated carbocycles. The normalized spacial score (nSPS) is 11.3. The first-order valence-corrected chi connectivity index (χ1v) is 8.22. The van der Waals surface area contributed by atoms with Gasteiger partial charge in [-0.15, -0.1) is 11.3 Å². The molecule has 0 radical (unpaired) electrons. The number of hydrogen-bond acceptors (Lipinski definition) is 4. The first kappa shape index (κ1) is 14.2. The van der Waals surface area contributed by atoms with Crippen molar-refractivity contribution in [1.82, 2.24) is 19.9 Å². The molecule has 1 N–H and O–H groups in total. The first-order valence-electron chi connectivity index (χ1n) is 7.40. The number of fused-ring (bicyclic) bond motifs is 1. The molecular weight excluding hydrogens is 280 g/mol. The van der Waals surface area contributed by atoms with E-state index < -0.39 is 0 Å². The highest BCUT2D eigenvalue weighted by molar-refractivity contribution is 7.11. The minimum Gasteiger partial charge on any atom is -0.327 e. The van der Waals surface area contributed by atoms with E-state index in [1.54, 1.807) is 11.3 Å². The fourth-order valence-electron chi connectivity index (χ4n) is 2.49. The van der Waals surface area contributed by atoms with Crippen LogP contribution in [0.5, 0.6) is 0 Å². The lowest BCUT2D eigenvalue weighted by Crippen LogP contribution is -2.16. The third-order valence-electron chi connectivity index (χ3n) is 3.56. The Morgan fingerprint density at radius 2 is 2.05 bits per heavy atom. The van der Waals surface area contributed by atoms with Crippen LogP contribution in [0.3, 0.4) is 0 Å². The van der Waals surface area contributed by atoms with Crippen LogP contribution in [0.1, 0.15) is 29.6 Å². The van der Waals surface area contributed by atoms with Gasteiger partial charge in [0.25, 0.3) is 0 Å². The first-order chi connectivity index (χ1) is 10.3. The van der Waals surface area contributed by atoms with Crippen LogP contribution in [0.15, 0.2) is 30.5 Å². The van der Waals surface area contributed by atoms with Crippen molar-refractivity contribution in [2.75, 3.05) is 0 Å². The fraction of sp³-hybridized carbons (Fsp3) is 0.375. The predicted molar refractivity (Wildman–Crippen MR) is 87.4 cm³/mol. The van der Waals surface area contributed by atoms with Gasteiger partial charge in [0.2, 0.25) is 0 Å². The molecule has 0 aliphatic rings. The van der Waals surface area contributed by atoms with Crippen molar-refractivity contribution in [3.8, 4) is 0 Å². The number of hydrogen-bond donors (Lipinski definition) is 1. The third kappa shape index (κ3) is 2.99. The van der Waals surface area contributed by atoms with E-state index in [1.165, 1.54) is 10.4 Å². The average Bonchev–Trinajstić information content (AvgIpc) is 3.10. The van der Waals surface area contributed by atoms with E-state index in [0.29, 0.717) is 0 Å². The van der Waals surface area contributed by atoms with Gasteiger partial charge >= 0.3 is 0 Å². The Kier molecular flexibility index (Phi) is 4.31. The third-order valence-corrected chi connectivity index (χ3v) is 4.70. The Bertz CT molecular complexity index is 729. The van der Waals surface area contributed by atoms with Crippen molar-refractivity contribution in [2.45, 2.75) is 39.9 Å². The smallest absolute Gasteiger partial charge is 0.123 e. The molecule has 0 atom stereocenters. The highest BCUT2D eigenvalue weighted by atomic mass is 32.1. The molecule has 0 amide bonds. The van der Waals surface area contributed by atoms with Gasteiger partial charge in [0.15, 0.2) is 0 Å². The molecule has 0 saturated heterocycles. The summed E-state index contributed by atoms with van der Waals surface area (Å²) in [6.45, 7) is 6.83. The van der Waals surface area contributed by atoms with Crippen LogP contribution < -0.4 is 5.32 Å². The maximum atomic E-state index is 4.72. The van der Waals surface area contributed by atoms with E-state index in [1.807, 2.05) is 12.3 Å². The summed E-state index contributed by atoms with van der Waals surface area (Å²) in [5, 5.41) is 4.60. The van der Waals surface area contributed by atoms with Gasteiger partial charge < -0.3 is 9.88 Å². The molecule has 0 fully saturated rings. The maximum absolute atomic E-state index is 4.72. The van der Waals surface area contributed by atoms with Crippen LogP contribution in [0, 0.1) is 0 Å².